The number of nitrogens with one attached hydrogen (secondary N) is 1. The molecule has 0 fully saturated rings. The number of nitrogens with zero attached hydrogens (tertiary/aromatic N) is 3. The van der Waals surface area contributed by atoms with Crippen LogP contribution in [0.3, 0.4) is 0 Å². The zero-order valence-electron chi connectivity index (χ0n) is 16.5. The fourth-order valence-corrected chi connectivity index (χ4v) is 4.57. The average molecular weight is 430 g/mol. The van der Waals surface area contributed by atoms with E-state index in [4.69, 9.17) is 5.73 Å². The summed E-state index contributed by atoms with van der Waals surface area (Å²) >= 11 is 0. The Kier molecular flexibility index (Phi) is 4.92. The van der Waals surface area contributed by atoms with Gasteiger partial charge in [-0.25, -0.2) is 4.98 Å². The molecule has 0 saturated heterocycles. The van der Waals surface area contributed by atoms with Crippen LogP contribution in [0, 0.1) is 5.92 Å². The van der Waals surface area contributed by atoms with E-state index >= 15 is 0 Å². The lowest BCUT2D eigenvalue weighted by Crippen LogP contribution is -2.32. The molecule has 1 aliphatic heterocycles. The van der Waals surface area contributed by atoms with Gasteiger partial charge in [0.15, 0.2) is 5.84 Å². The Morgan fingerprint density at radius 3 is 2.77 bits per heavy atom. The molecule has 1 aliphatic rings. The minimum absolute atomic E-state index is 0.112. The number of rotatable bonds is 4. The van der Waals surface area contributed by atoms with E-state index in [0.29, 0.717) is 34.9 Å². The molecule has 0 radical (unpaired) electrons. The number of nitrogens with two attached hydrogens (primary N) is 1. The Hall–Kier alpha value is -3.08. The summed E-state index contributed by atoms with van der Waals surface area (Å²) in [5.74, 6) is -0.0783. The minimum Gasteiger partial charge on any atom is -0.506 e. The highest BCUT2D eigenvalue weighted by Gasteiger charge is 2.30. The summed E-state index contributed by atoms with van der Waals surface area (Å²) in [7, 11) is -3.62. The molecule has 158 valence electrons. The summed E-state index contributed by atoms with van der Waals surface area (Å²) in [5, 5.41) is 14.2. The molecule has 3 heterocycles. The fraction of sp³-hybridized carbons (Fsp3) is 0.250. The lowest BCUT2D eigenvalue weighted by molar-refractivity contribution is 0.473. The molecule has 0 aliphatic carbocycles. The van der Waals surface area contributed by atoms with E-state index in [1.54, 1.807) is 30.5 Å². The van der Waals surface area contributed by atoms with Crippen molar-refractivity contribution >= 4 is 39.0 Å². The van der Waals surface area contributed by atoms with Crippen molar-refractivity contribution in [3.8, 4) is 5.75 Å². The second kappa shape index (κ2) is 7.31. The number of aromatic hydroxyl groups is 1. The van der Waals surface area contributed by atoms with E-state index in [1.807, 2.05) is 13.8 Å². The normalized spacial score (nSPS) is 16.1. The van der Waals surface area contributed by atoms with Crippen LogP contribution in [-0.2, 0) is 6.54 Å². The van der Waals surface area contributed by atoms with E-state index in [9.17, 15) is 19.0 Å². The van der Waals surface area contributed by atoms with Gasteiger partial charge in [-0.15, -0.1) is 4.40 Å². The van der Waals surface area contributed by atoms with Crippen LogP contribution in [0.2, 0.25) is 0 Å². The maximum Gasteiger partial charge on any atom is 0.267 e. The highest BCUT2D eigenvalue weighted by Crippen LogP contribution is 2.56. The van der Waals surface area contributed by atoms with Gasteiger partial charge in [0.05, 0.1) is 11.1 Å². The Bertz CT molecular complexity index is 1240. The molecule has 0 amide bonds. The van der Waals surface area contributed by atoms with Gasteiger partial charge in [-0.1, -0.05) is 24.6 Å². The third kappa shape index (κ3) is 3.38. The van der Waals surface area contributed by atoms with Crippen LogP contribution >= 0.6 is 10.8 Å². The number of hydrogen-bond donors (Lipinski definition) is 5. The number of fused-ring (bicyclic) bond motifs is 2. The first-order valence-corrected chi connectivity index (χ1v) is 10.9. The zero-order chi connectivity index (χ0) is 21.6. The van der Waals surface area contributed by atoms with Gasteiger partial charge >= 0.3 is 0 Å². The van der Waals surface area contributed by atoms with Crippen LogP contribution < -0.4 is 16.6 Å². The van der Waals surface area contributed by atoms with Crippen molar-refractivity contribution in [1.29, 1.82) is 0 Å². The van der Waals surface area contributed by atoms with Gasteiger partial charge < -0.3 is 16.2 Å². The van der Waals surface area contributed by atoms with Gasteiger partial charge in [0, 0.05) is 18.4 Å². The smallest absolute Gasteiger partial charge is 0.267 e. The van der Waals surface area contributed by atoms with Gasteiger partial charge in [-0.2, -0.15) is 0 Å². The van der Waals surface area contributed by atoms with Crippen LogP contribution in [0.5, 0.6) is 5.75 Å². The number of anilines is 2. The van der Waals surface area contributed by atoms with Crippen LogP contribution in [0.25, 0.3) is 11.0 Å². The molecular weight excluding hydrogens is 406 g/mol. The summed E-state index contributed by atoms with van der Waals surface area (Å²) in [4.78, 5) is 17.8. The number of benzene rings is 1. The molecule has 30 heavy (non-hydrogen) atoms. The van der Waals surface area contributed by atoms with Crippen LogP contribution in [0.4, 0.5) is 11.4 Å². The monoisotopic (exact) mass is 429 g/mol. The summed E-state index contributed by atoms with van der Waals surface area (Å²) in [6, 6.07) is 7.90. The highest BCUT2D eigenvalue weighted by atomic mass is 32.3. The van der Waals surface area contributed by atoms with Crippen molar-refractivity contribution in [2.45, 2.75) is 31.7 Å². The number of pyridine rings is 2. The van der Waals surface area contributed by atoms with Crippen molar-refractivity contribution in [1.82, 2.24) is 9.55 Å². The molecule has 9 nitrogen and oxygen atoms in total. The van der Waals surface area contributed by atoms with E-state index < -0.39 is 16.3 Å². The van der Waals surface area contributed by atoms with Crippen molar-refractivity contribution in [3.63, 3.8) is 0 Å². The van der Waals surface area contributed by atoms with Crippen LogP contribution in [-0.4, -0.2) is 29.6 Å². The van der Waals surface area contributed by atoms with E-state index in [0.717, 1.165) is 6.42 Å². The average Bonchev–Trinajstić information content (AvgIpc) is 2.68. The van der Waals surface area contributed by atoms with E-state index in [-0.39, 0.29) is 22.0 Å². The number of aromatic nitrogens is 2. The van der Waals surface area contributed by atoms with Crippen molar-refractivity contribution in [2.24, 2.45) is 10.3 Å². The van der Waals surface area contributed by atoms with Crippen LogP contribution in [0.15, 0.2) is 50.6 Å². The SMILES string of the molecule is CC(C)CCn1c(=O)c(C2=NS(O)(O)c3cc(N)ccc3N2)c(O)c2cccnc21. The Labute approximate surface area is 174 Å². The number of hydrogen-bond acceptors (Lipinski definition) is 8. The second-order valence-electron chi connectivity index (χ2n) is 7.58. The summed E-state index contributed by atoms with van der Waals surface area (Å²) in [6.07, 6.45) is 2.29. The zero-order valence-corrected chi connectivity index (χ0v) is 17.3. The largest absolute Gasteiger partial charge is 0.506 e. The van der Waals surface area contributed by atoms with Crippen LogP contribution in [0.1, 0.15) is 25.8 Å². The molecule has 0 unspecified atom stereocenters. The molecule has 3 aromatic rings. The van der Waals surface area contributed by atoms with Gasteiger partial charge in [0.1, 0.15) is 21.9 Å². The lowest BCUT2D eigenvalue weighted by Gasteiger charge is -2.34. The first kappa shape index (κ1) is 20.2. The molecule has 0 saturated carbocycles. The first-order chi connectivity index (χ1) is 14.2. The van der Waals surface area contributed by atoms with Crippen molar-refractivity contribution in [2.75, 3.05) is 11.1 Å². The highest BCUT2D eigenvalue weighted by molar-refractivity contribution is 8.23. The lowest BCUT2D eigenvalue weighted by atomic mass is 10.1. The quantitative estimate of drug-likeness (QED) is 0.398. The topological polar surface area (TPSA) is 146 Å². The maximum atomic E-state index is 13.4. The second-order valence-corrected chi connectivity index (χ2v) is 9.24. The van der Waals surface area contributed by atoms with Gasteiger partial charge in [-0.3, -0.25) is 18.5 Å². The molecule has 0 spiro atoms. The minimum atomic E-state index is -3.62. The molecule has 2 aromatic heterocycles. The predicted octanol–water partition coefficient (Wildman–Crippen LogP) is 3.63. The van der Waals surface area contributed by atoms with E-state index in [2.05, 4.69) is 14.7 Å². The summed E-state index contributed by atoms with van der Waals surface area (Å²) < 4.78 is 26.6. The Morgan fingerprint density at radius 2 is 2.03 bits per heavy atom. The fourth-order valence-electron chi connectivity index (χ4n) is 3.38. The molecule has 1 aromatic carbocycles. The first-order valence-electron chi connectivity index (χ1n) is 9.44. The maximum absolute atomic E-state index is 13.4. The predicted molar refractivity (Wildman–Crippen MR) is 119 cm³/mol. The van der Waals surface area contributed by atoms with Gasteiger partial charge in [0.25, 0.3) is 5.56 Å². The summed E-state index contributed by atoms with van der Waals surface area (Å²) in [5.41, 5.74) is 6.17. The Balaban J connectivity index is 1.94. The molecule has 6 N–H and O–H groups in total. The van der Waals surface area contributed by atoms with Crippen molar-refractivity contribution in [3.05, 3.63) is 52.4 Å². The molecule has 10 heteroatoms. The molecule has 4 rings (SSSR count). The number of nitrogen functional groups attached to an aromatic ring is 1. The summed E-state index contributed by atoms with van der Waals surface area (Å²) in [6.45, 7) is 4.49. The molecule has 0 atom stereocenters. The molecule has 0 bridgehead atoms. The molecular formula is C20H23N5O4S. The van der Waals surface area contributed by atoms with E-state index in [1.165, 1.54) is 10.6 Å². The number of amidine groups is 1. The Morgan fingerprint density at radius 1 is 1.27 bits per heavy atom. The van der Waals surface area contributed by atoms with Gasteiger partial charge in [0.2, 0.25) is 0 Å². The van der Waals surface area contributed by atoms with Crippen molar-refractivity contribution < 1.29 is 14.2 Å². The third-order valence-electron chi connectivity index (χ3n) is 4.93. The number of aryl methyl sites for hydroxylation is 1. The van der Waals surface area contributed by atoms with Gasteiger partial charge in [-0.05, 0) is 42.7 Å². The third-order valence-corrected chi connectivity index (χ3v) is 6.30. The standard InChI is InChI=1S/C20H23N5O4S/c1-11(2)7-9-25-19-13(4-3-8-22-19)17(26)16(20(25)27)18-23-14-6-5-12(21)10-15(14)30(28,29)24-18/h3-6,8,10-11,26,28-29H,7,9,21H2,1-2H3,(H,23,24).